The average molecular weight is 526 g/mol. The average Bonchev–Trinajstić information content (AvgIpc) is 2.84. The number of halogens is 1. The van der Waals surface area contributed by atoms with Crippen LogP contribution in [0.4, 0.5) is 4.39 Å². The molecule has 13 N–H and O–H groups in total. The maximum absolute atomic E-state index is 12.7. The van der Waals surface area contributed by atoms with E-state index in [1.165, 1.54) is 0 Å². The minimum Gasteiger partial charge on any atom is -0.394 e. The fourth-order valence-electron chi connectivity index (χ4n) is 3.23. The lowest BCUT2D eigenvalue weighted by Crippen LogP contribution is -2.58. The van der Waals surface area contributed by atoms with Crippen molar-refractivity contribution in [3.05, 3.63) is 0 Å². The van der Waals surface area contributed by atoms with Crippen molar-refractivity contribution in [3.8, 4) is 0 Å². The molecule has 0 spiro atoms. The van der Waals surface area contributed by atoms with Gasteiger partial charge in [0.25, 0.3) is 0 Å². The highest BCUT2D eigenvalue weighted by Gasteiger charge is 2.44. The predicted octanol–water partition coefficient (Wildman–Crippen LogP) is -7.66. The molecule has 0 aromatic heterocycles. The van der Waals surface area contributed by atoms with Gasteiger partial charge in [-0.05, 0) is 0 Å². The molecule has 0 bridgehead atoms. The van der Waals surface area contributed by atoms with Gasteiger partial charge in [-0.25, -0.2) is 4.39 Å². The molecule has 3 rings (SSSR count). The lowest BCUT2D eigenvalue weighted by atomic mass is 10.00. The molecule has 14 unspecified atom stereocenters. The third-order valence-corrected chi connectivity index (χ3v) is 5.42. The van der Waals surface area contributed by atoms with E-state index < -0.39 is 106 Å². The number of alkyl halides is 1. The molecule has 3 fully saturated rings. The molecule has 3 aliphatic rings. The number of ether oxygens (including phenoxy) is 3. The summed E-state index contributed by atoms with van der Waals surface area (Å²) in [7, 11) is 0. The van der Waals surface area contributed by atoms with Gasteiger partial charge >= 0.3 is 0 Å². The second-order valence-electron chi connectivity index (χ2n) is 8.00. The van der Waals surface area contributed by atoms with Crippen LogP contribution in [-0.2, 0) is 14.2 Å². The Labute approximate surface area is 198 Å². The summed E-state index contributed by atoms with van der Waals surface area (Å²) < 4.78 is 26.4. The molecule has 35 heavy (non-hydrogen) atoms. The van der Waals surface area contributed by atoms with E-state index in [-0.39, 0.29) is 6.42 Å². The Kier molecular flexibility index (Phi) is 13.7. The Bertz CT molecular complexity index is 547. The van der Waals surface area contributed by atoms with Gasteiger partial charge in [-0.15, -0.1) is 0 Å². The van der Waals surface area contributed by atoms with Gasteiger partial charge in [0, 0.05) is 6.42 Å². The fourth-order valence-corrected chi connectivity index (χ4v) is 3.23. The quantitative estimate of drug-likeness (QED) is 0.162. The van der Waals surface area contributed by atoms with Crippen LogP contribution in [0, 0.1) is 0 Å². The van der Waals surface area contributed by atoms with Crippen molar-refractivity contribution < 1.29 is 85.0 Å². The van der Waals surface area contributed by atoms with E-state index in [9.17, 15) is 4.39 Å². The minimum atomic E-state index is -2.04. The normalized spacial score (nSPS) is 48.2. The van der Waals surface area contributed by atoms with Crippen LogP contribution >= 0.6 is 0 Å². The summed E-state index contributed by atoms with van der Waals surface area (Å²) in [6.07, 6.45) is -19.3. The Balaban J connectivity index is 0.000000263. The highest BCUT2D eigenvalue weighted by Crippen LogP contribution is 2.22. The second-order valence-corrected chi connectivity index (χ2v) is 8.00. The first-order chi connectivity index (χ1) is 16.3. The number of hydrogen-bond donors (Lipinski definition) is 13. The topological polar surface area (TPSA) is 291 Å². The second kappa shape index (κ2) is 14.9. The van der Waals surface area contributed by atoms with Crippen molar-refractivity contribution in [2.75, 3.05) is 19.8 Å². The van der Waals surface area contributed by atoms with Crippen LogP contribution in [0.3, 0.4) is 0 Å². The van der Waals surface area contributed by atoms with Gasteiger partial charge in [-0.3, -0.25) is 0 Å². The first-order valence-corrected chi connectivity index (χ1v) is 10.5. The van der Waals surface area contributed by atoms with Gasteiger partial charge in [0.15, 0.2) is 25.0 Å². The molecule has 14 atom stereocenters. The molecule has 3 aliphatic heterocycles. The van der Waals surface area contributed by atoms with E-state index in [4.69, 9.17) is 71.1 Å². The fraction of sp³-hybridized carbons (Fsp3) is 1.00. The van der Waals surface area contributed by atoms with Gasteiger partial charge in [0.2, 0.25) is 0 Å². The zero-order chi connectivity index (χ0) is 27.0. The van der Waals surface area contributed by atoms with Crippen LogP contribution in [0.15, 0.2) is 0 Å². The summed E-state index contributed by atoms with van der Waals surface area (Å²) >= 11 is 0. The molecule has 17 heteroatoms. The predicted molar refractivity (Wildman–Crippen MR) is 105 cm³/mol. The standard InChI is InChI=1S/C6H11FO5.C6H12O6.C6H12O5/c7-3-5(10)4(9)2(1-8)12-6(3)11;7-1-2-3(8)4(9)5(10)6(11)12-2;7-2-4-6(10)3(8)1-5(9)11-4/h2-6,8-11H,1H2;2-11H,1H2;3-10H,1-2H2. The van der Waals surface area contributed by atoms with E-state index >= 15 is 0 Å². The third kappa shape index (κ3) is 8.68. The van der Waals surface area contributed by atoms with Crippen LogP contribution in [0.1, 0.15) is 6.42 Å². The van der Waals surface area contributed by atoms with Crippen LogP contribution in [-0.4, -0.2) is 172 Å². The molecule has 0 aromatic rings. The van der Waals surface area contributed by atoms with E-state index in [1.807, 2.05) is 0 Å². The monoisotopic (exact) mass is 526 g/mol. The molecular weight excluding hydrogens is 491 g/mol. The van der Waals surface area contributed by atoms with Crippen molar-refractivity contribution in [2.24, 2.45) is 0 Å². The van der Waals surface area contributed by atoms with Crippen molar-refractivity contribution >= 4 is 0 Å². The van der Waals surface area contributed by atoms with E-state index in [0.29, 0.717) is 0 Å². The highest BCUT2D eigenvalue weighted by molar-refractivity contribution is 4.89. The van der Waals surface area contributed by atoms with Crippen LogP contribution in [0.2, 0.25) is 0 Å². The number of hydrogen-bond acceptors (Lipinski definition) is 16. The maximum Gasteiger partial charge on any atom is 0.189 e. The van der Waals surface area contributed by atoms with E-state index in [1.54, 1.807) is 0 Å². The summed E-state index contributed by atoms with van der Waals surface area (Å²) in [4.78, 5) is 0. The molecule has 0 aliphatic carbocycles. The number of rotatable bonds is 3. The lowest BCUT2D eigenvalue weighted by molar-refractivity contribution is -0.286. The Morgan fingerprint density at radius 3 is 1.43 bits per heavy atom. The molecule has 210 valence electrons. The highest BCUT2D eigenvalue weighted by atomic mass is 19.1. The molecule has 3 heterocycles. The molecule has 16 nitrogen and oxygen atoms in total. The summed E-state index contributed by atoms with van der Waals surface area (Å²) in [6, 6.07) is 0. The molecule has 0 radical (unpaired) electrons. The van der Waals surface area contributed by atoms with Gasteiger partial charge in [-0.1, -0.05) is 0 Å². The SMILES string of the molecule is OCC1OC(O)C(F)C(O)C1O.OCC1OC(O)C(O)C(O)C1O.OCC1OC(O)CC(O)C1O. The lowest BCUT2D eigenvalue weighted by Gasteiger charge is -2.37. The summed E-state index contributed by atoms with van der Waals surface area (Å²) in [5.74, 6) is 0. The maximum atomic E-state index is 12.7. The van der Waals surface area contributed by atoms with Crippen LogP contribution in [0.25, 0.3) is 0 Å². The van der Waals surface area contributed by atoms with Gasteiger partial charge in [-0.2, -0.15) is 0 Å². The smallest absolute Gasteiger partial charge is 0.189 e. The van der Waals surface area contributed by atoms with Crippen LogP contribution < -0.4 is 0 Å². The Hall–Kier alpha value is -0.710. The molecule has 3 saturated heterocycles. The molecular formula is C18H35FO16. The number of aliphatic hydroxyl groups is 13. The summed E-state index contributed by atoms with van der Waals surface area (Å²) in [6.45, 7) is -1.51. The molecule has 0 saturated carbocycles. The zero-order valence-electron chi connectivity index (χ0n) is 18.3. The minimum absolute atomic E-state index is 0.0162. The Morgan fingerprint density at radius 2 is 0.943 bits per heavy atom. The zero-order valence-corrected chi connectivity index (χ0v) is 18.3. The van der Waals surface area contributed by atoms with Crippen molar-refractivity contribution in [1.29, 1.82) is 0 Å². The van der Waals surface area contributed by atoms with Crippen molar-refractivity contribution in [3.63, 3.8) is 0 Å². The largest absolute Gasteiger partial charge is 0.394 e. The van der Waals surface area contributed by atoms with Gasteiger partial charge in [0.05, 0.1) is 25.9 Å². The molecule has 0 amide bonds. The number of aliphatic hydroxyl groups excluding tert-OH is 13. The van der Waals surface area contributed by atoms with Gasteiger partial charge in [0.1, 0.15) is 54.9 Å². The summed E-state index contributed by atoms with van der Waals surface area (Å²) in [5, 5.41) is 116. The third-order valence-electron chi connectivity index (χ3n) is 5.42. The first-order valence-electron chi connectivity index (χ1n) is 10.5. The first kappa shape index (κ1) is 32.3. The van der Waals surface area contributed by atoms with E-state index in [0.717, 1.165) is 0 Å². The molecule has 0 aromatic carbocycles. The van der Waals surface area contributed by atoms with Crippen molar-refractivity contribution in [1.82, 2.24) is 0 Å². The Morgan fingerprint density at radius 1 is 0.514 bits per heavy atom. The summed E-state index contributed by atoms with van der Waals surface area (Å²) in [5.41, 5.74) is 0. The van der Waals surface area contributed by atoms with Crippen LogP contribution in [0.5, 0.6) is 0 Å². The van der Waals surface area contributed by atoms with Gasteiger partial charge < -0.3 is 80.6 Å². The van der Waals surface area contributed by atoms with Crippen molar-refractivity contribution in [2.45, 2.75) is 92.5 Å². The van der Waals surface area contributed by atoms with E-state index in [2.05, 4.69) is 9.47 Å².